The highest BCUT2D eigenvalue weighted by atomic mass is 32.2. The van der Waals surface area contributed by atoms with Crippen molar-refractivity contribution in [2.45, 2.75) is 37.6 Å². The normalized spacial score (nSPS) is 17.6. The van der Waals surface area contributed by atoms with Gasteiger partial charge in [0, 0.05) is 106 Å². The van der Waals surface area contributed by atoms with E-state index >= 15 is 0 Å². The fourth-order valence-electron chi connectivity index (χ4n) is 7.47. The number of nitrogens with one attached hydrogen (secondary N) is 3. The first-order valence-corrected chi connectivity index (χ1v) is 20.0. The van der Waals surface area contributed by atoms with Crippen LogP contribution in [0.2, 0.25) is 0 Å². The number of hydrogen-bond acceptors (Lipinski definition) is 13. The zero-order chi connectivity index (χ0) is 36.7. The van der Waals surface area contributed by atoms with Crippen molar-refractivity contribution in [3.05, 3.63) is 60.8 Å². The lowest BCUT2D eigenvalue weighted by atomic mass is 9.98. The number of rotatable bonds is 11. The van der Waals surface area contributed by atoms with E-state index in [1.165, 1.54) is 6.20 Å². The van der Waals surface area contributed by atoms with Crippen LogP contribution in [0, 0.1) is 0 Å². The van der Waals surface area contributed by atoms with Crippen LogP contribution in [0.25, 0.3) is 22.2 Å². The first kappa shape index (κ1) is 35.0. The highest BCUT2D eigenvalue weighted by Crippen LogP contribution is 2.45. The summed E-state index contributed by atoms with van der Waals surface area (Å²) in [5, 5.41) is 11.4. The van der Waals surface area contributed by atoms with Crippen LogP contribution < -0.4 is 25.0 Å². The number of likely N-dealkylation sites (N-methyl/N-ethyl adjacent to an activating group) is 1. The molecule has 1 aliphatic carbocycles. The van der Waals surface area contributed by atoms with Crippen LogP contribution in [0.15, 0.2) is 55.2 Å². The summed E-state index contributed by atoms with van der Waals surface area (Å²) in [6.07, 6.45) is 14.3. The second-order valence-electron chi connectivity index (χ2n) is 14.3. The average Bonchev–Trinajstić information content (AvgIpc) is 3.91. The van der Waals surface area contributed by atoms with Gasteiger partial charge in [0.15, 0.2) is 0 Å². The molecule has 0 atom stereocenters. The van der Waals surface area contributed by atoms with E-state index in [2.05, 4.69) is 64.3 Å². The van der Waals surface area contributed by atoms with Crippen LogP contribution in [0.3, 0.4) is 0 Å². The second kappa shape index (κ2) is 14.4. The van der Waals surface area contributed by atoms with Gasteiger partial charge in [-0.1, -0.05) is 0 Å². The predicted octanol–water partition coefficient (Wildman–Crippen LogP) is 4.78. The SMILES string of the molecule is COc1cc(N2CCC(N3CCN(C)CC3)CC2)c(-c2cnn(C)c2)cc1Nc1ncc(C2CC2)c(Nc2ccc3nccnc3c2NS(C)(=O)=O)n1. The molecular weight excluding hydrogens is 693 g/mol. The average molecular weight is 739 g/mol. The second-order valence-corrected chi connectivity index (χ2v) is 16.1. The van der Waals surface area contributed by atoms with Crippen LogP contribution in [0.4, 0.5) is 34.5 Å². The number of benzene rings is 2. The highest BCUT2D eigenvalue weighted by molar-refractivity contribution is 7.92. The van der Waals surface area contributed by atoms with Gasteiger partial charge in [-0.05, 0) is 56.8 Å². The lowest BCUT2D eigenvalue weighted by Gasteiger charge is -2.43. The van der Waals surface area contributed by atoms with Crippen LogP contribution in [-0.4, -0.2) is 114 Å². The molecule has 0 radical (unpaired) electrons. The third kappa shape index (κ3) is 7.70. The lowest BCUT2D eigenvalue weighted by molar-refractivity contribution is 0.0982. The van der Waals surface area contributed by atoms with E-state index in [9.17, 15) is 8.42 Å². The topological polar surface area (TPSA) is 159 Å². The quantitative estimate of drug-likeness (QED) is 0.170. The first-order valence-electron chi connectivity index (χ1n) is 18.1. The Kier molecular flexibility index (Phi) is 9.51. The predicted molar refractivity (Wildman–Crippen MR) is 208 cm³/mol. The minimum atomic E-state index is -3.63. The number of piperidine rings is 1. The van der Waals surface area contributed by atoms with Gasteiger partial charge < -0.3 is 25.2 Å². The summed E-state index contributed by atoms with van der Waals surface area (Å²) in [6, 6.07) is 8.39. The van der Waals surface area contributed by atoms with E-state index in [1.807, 2.05) is 30.3 Å². The smallest absolute Gasteiger partial charge is 0.229 e. The standard InChI is InChI=1S/C37H46N12O3S/c1-46-15-17-48(18-16-46)26-9-13-49(14-10-26)32-20-33(52-3)31(19-27(32)25-21-41-47(2)23-25)43-37-40-22-28(24-5-6-24)36(44-37)42-30-8-7-29-34(39-12-11-38-29)35(30)45-53(4,50)51/h7-8,11-12,19-24,26,45H,5-6,9-10,13-18H2,1-4H3,(H2,40,42,43,44). The molecule has 3 N–H and O–H groups in total. The number of hydrogen-bond donors (Lipinski definition) is 3. The maximum Gasteiger partial charge on any atom is 0.229 e. The Morgan fingerprint density at radius 1 is 0.868 bits per heavy atom. The summed E-state index contributed by atoms with van der Waals surface area (Å²) in [7, 11) is 2.18. The van der Waals surface area contributed by atoms with Gasteiger partial charge in [0.05, 0.1) is 42.1 Å². The molecule has 16 heteroatoms. The fraction of sp³-hybridized carbons (Fsp3) is 0.432. The van der Waals surface area contributed by atoms with Crippen LogP contribution in [-0.2, 0) is 17.1 Å². The molecule has 5 aromatic rings. The van der Waals surface area contributed by atoms with Crippen LogP contribution in [0.1, 0.15) is 37.2 Å². The summed E-state index contributed by atoms with van der Waals surface area (Å²) >= 11 is 0. The number of methoxy groups -OCH3 is 1. The molecule has 53 heavy (non-hydrogen) atoms. The van der Waals surface area contributed by atoms with Crippen molar-refractivity contribution >= 4 is 55.6 Å². The van der Waals surface area contributed by atoms with Crippen molar-refractivity contribution in [3.63, 3.8) is 0 Å². The Morgan fingerprint density at radius 2 is 1.64 bits per heavy atom. The van der Waals surface area contributed by atoms with Gasteiger partial charge in [0.25, 0.3) is 0 Å². The highest BCUT2D eigenvalue weighted by Gasteiger charge is 2.30. The molecule has 278 valence electrons. The number of nitrogens with zero attached hydrogens (tertiary/aromatic N) is 9. The molecule has 2 aliphatic heterocycles. The largest absolute Gasteiger partial charge is 0.494 e. The van der Waals surface area contributed by atoms with Crippen molar-refractivity contribution in [3.8, 4) is 16.9 Å². The monoisotopic (exact) mass is 738 g/mol. The molecule has 15 nitrogen and oxygen atoms in total. The molecule has 3 aliphatic rings. The Bertz CT molecular complexity index is 2230. The Labute approximate surface area is 309 Å². The first-order chi connectivity index (χ1) is 25.6. The van der Waals surface area contributed by atoms with Gasteiger partial charge in [-0.2, -0.15) is 10.1 Å². The molecule has 0 bridgehead atoms. The van der Waals surface area contributed by atoms with Gasteiger partial charge >= 0.3 is 0 Å². The zero-order valence-corrected chi connectivity index (χ0v) is 31.4. The molecular formula is C37H46N12O3S. The van der Waals surface area contributed by atoms with Crippen LogP contribution in [0.5, 0.6) is 5.75 Å². The summed E-state index contributed by atoms with van der Waals surface area (Å²) in [4.78, 5) is 26.0. The maximum absolute atomic E-state index is 12.5. The van der Waals surface area contributed by atoms with Crippen molar-refractivity contribution in [2.24, 2.45) is 7.05 Å². The van der Waals surface area contributed by atoms with Gasteiger partial charge in [-0.25, -0.2) is 13.4 Å². The summed E-state index contributed by atoms with van der Waals surface area (Å²) < 4.78 is 35.4. The molecule has 0 unspecified atom stereocenters. The number of anilines is 6. The minimum absolute atomic E-state index is 0.305. The van der Waals surface area contributed by atoms with E-state index in [0.29, 0.717) is 57.6 Å². The number of aromatic nitrogens is 6. The molecule has 8 rings (SSSR count). The Hall–Kier alpha value is -5.06. The molecule has 5 heterocycles. The third-order valence-corrected chi connectivity index (χ3v) is 11.0. The van der Waals surface area contributed by atoms with E-state index in [1.54, 1.807) is 25.4 Å². The number of fused-ring (bicyclic) bond motifs is 1. The number of piperazine rings is 1. The Morgan fingerprint density at radius 3 is 2.34 bits per heavy atom. The molecule has 0 spiro atoms. The maximum atomic E-state index is 12.5. The Balaban J connectivity index is 1.11. The summed E-state index contributed by atoms with van der Waals surface area (Å²) in [6.45, 7) is 6.43. The summed E-state index contributed by atoms with van der Waals surface area (Å²) in [5.41, 5.74) is 6.64. The lowest BCUT2D eigenvalue weighted by Crippen LogP contribution is -2.52. The van der Waals surface area contributed by atoms with Crippen molar-refractivity contribution in [2.75, 3.05) is 79.9 Å². The van der Waals surface area contributed by atoms with Gasteiger partial charge in [-0.3, -0.25) is 24.3 Å². The van der Waals surface area contributed by atoms with Crippen LogP contribution >= 0.6 is 0 Å². The molecule has 1 saturated carbocycles. The van der Waals surface area contributed by atoms with Gasteiger partial charge in [0.1, 0.15) is 17.1 Å². The molecule has 3 aromatic heterocycles. The number of sulfonamides is 1. The van der Waals surface area contributed by atoms with Gasteiger partial charge in [-0.15, -0.1) is 0 Å². The zero-order valence-electron chi connectivity index (χ0n) is 30.6. The van der Waals surface area contributed by atoms with E-state index in [0.717, 1.165) is 93.6 Å². The fourth-order valence-corrected chi connectivity index (χ4v) is 8.05. The summed E-state index contributed by atoms with van der Waals surface area (Å²) in [5.74, 6) is 1.93. The van der Waals surface area contributed by atoms with Crippen molar-refractivity contribution in [1.82, 2.24) is 39.5 Å². The molecule has 2 saturated heterocycles. The number of aryl methyl sites for hydroxylation is 1. The number of ether oxygens (including phenoxy) is 1. The van der Waals surface area contributed by atoms with Crippen molar-refractivity contribution in [1.29, 1.82) is 0 Å². The molecule has 3 fully saturated rings. The van der Waals surface area contributed by atoms with E-state index < -0.39 is 10.0 Å². The van der Waals surface area contributed by atoms with E-state index in [4.69, 9.17) is 14.7 Å². The minimum Gasteiger partial charge on any atom is -0.494 e. The van der Waals surface area contributed by atoms with Crippen molar-refractivity contribution < 1.29 is 13.2 Å². The third-order valence-electron chi connectivity index (χ3n) is 10.5. The molecule has 0 amide bonds. The van der Waals surface area contributed by atoms with Gasteiger partial charge in [0.2, 0.25) is 16.0 Å². The van der Waals surface area contributed by atoms with E-state index in [-0.39, 0.29) is 0 Å². The molecule has 2 aromatic carbocycles.